The van der Waals surface area contributed by atoms with Crippen molar-refractivity contribution in [1.29, 1.82) is 0 Å². The maximum Gasteiger partial charge on any atom is 0.223 e. The van der Waals surface area contributed by atoms with Gasteiger partial charge in [-0.25, -0.2) is 0 Å². The average molecular weight is 290 g/mol. The summed E-state index contributed by atoms with van der Waals surface area (Å²) in [7, 11) is 0. The molecule has 0 bridgehead atoms. The number of ether oxygens (including phenoxy) is 1. The fourth-order valence-corrected chi connectivity index (χ4v) is 2.77. The molecular weight excluding hydrogens is 264 g/mol. The normalized spacial score (nSPS) is 16.8. The van der Waals surface area contributed by atoms with Gasteiger partial charge in [0.1, 0.15) is 12.4 Å². The van der Waals surface area contributed by atoms with Crippen molar-refractivity contribution in [3.63, 3.8) is 0 Å². The van der Waals surface area contributed by atoms with Crippen LogP contribution in [0.3, 0.4) is 0 Å². The number of nitrogens with one attached hydrogen (secondary N) is 1. The van der Waals surface area contributed by atoms with E-state index in [9.17, 15) is 4.79 Å². The van der Waals surface area contributed by atoms with Gasteiger partial charge >= 0.3 is 0 Å². The first kappa shape index (κ1) is 15.7. The van der Waals surface area contributed by atoms with Gasteiger partial charge in [-0.15, -0.1) is 0 Å². The summed E-state index contributed by atoms with van der Waals surface area (Å²) in [6, 6.07) is 7.29. The number of nitrogen functional groups attached to an aromatic ring is 1. The molecule has 0 unspecified atom stereocenters. The number of rotatable bonds is 5. The number of hydrogen-bond donors (Lipinski definition) is 2. The Morgan fingerprint density at radius 1 is 1.10 bits per heavy atom. The van der Waals surface area contributed by atoms with Gasteiger partial charge < -0.3 is 15.8 Å². The second-order valence-corrected chi connectivity index (χ2v) is 5.75. The average Bonchev–Trinajstić information content (AvgIpc) is 2.45. The molecule has 1 aliphatic carbocycles. The highest BCUT2D eigenvalue weighted by molar-refractivity contribution is 5.78. The minimum absolute atomic E-state index is 0.192. The molecule has 0 saturated heterocycles. The van der Waals surface area contributed by atoms with Gasteiger partial charge in [0.15, 0.2) is 0 Å². The molecule has 0 radical (unpaired) electrons. The lowest BCUT2D eigenvalue weighted by Gasteiger charge is -2.19. The van der Waals surface area contributed by atoms with Crippen molar-refractivity contribution in [2.75, 3.05) is 18.9 Å². The molecule has 0 aromatic heterocycles. The molecule has 4 heteroatoms. The topological polar surface area (TPSA) is 64.3 Å². The van der Waals surface area contributed by atoms with E-state index in [-0.39, 0.29) is 11.8 Å². The summed E-state index contributed by atoms with van der Waals surface area (Å²) >= 11 is 0. The molecule has 0 atom stereocenters. The Kier molecular flexibility index (Phi) is 6.38. The first-order chi connectivity index (χ1) is 10.3. The van der Waals surface area contributed by atoms with Crippen molar-refractivity contribution < 1.29 is 9.53 Å². The fraction of sp³-hybridized carbons (Fsp3) is 0.588. The molecule has 1 fully saturated rings. The quantitative estimate of drug-likeness (QED) is 0.647. The van der Waals surface area contributed by atoms with Crippen molar-refractivity contribution in [2.24, 2.45) is 5.92 Å². The predicted molar refractivity (Wildman–Crippen MR) is 85.2 cm³/mol. The Morgan fingerprint density at radius 3 is 2.38 bits per heavy atom. The van der Waals surface area contributed by atoms with E-state index < -0.39 is 0 Å². The Bertz CT molecular complexity index is 423. The number of hydrogen-bond acceptors (Lipinski definition) is 3. The van der Waals surface area contributed by atoms with E-state index in [1.807, 2.05) is 24.3 Å². The van der Waals surface area contributed by atoms with Crippen molar-refractivity contribution in [2.45, 2.75) is 44.9 Å². The Labute approximate surface area is 127 Å². The smallest absolute Gasteiger partial charge is 0.223 e. The van der Waals surface area contributed by atoms with Crippen LogP contribution in [0.25, 0.3) is 0 Å². The van der Waals surface area contributed by atoms with Crippen LogP contribution in [0, 0.1) is 5.92 Å². The Hall–Kier alpha value is -1.71. The number of anilines is 1. The highest BCUT2D eigenvalue weighted by atomic mass is 16.5. The third kappa shape index (κ3) is 5.66. The third-order valence-electron chi connectivity index (χ3n) is 4.03. The SMILES string of the molecule is Nc1ccc(OCCNC(=O)C2CCCCCCC2)cc1. The minimum Gasteiger partial charge on any atom is -0.492 e. The van der Waals surface area contributed by atoms with Crippen molar-refractivity contribution >= 4 is 11.6 Å². The molecule has 0 spiro atoms. The van der Waals surface area contributed by atoms with Crippen molar-refractivity contribution in [3.05, 3.63) is 24.3 Å². The third-order valence-corrected chi connectivity index (χ3v) is 4.03. The number of amides is 1. The van der Waals surface area contributed by atoms with Crippen LogP contribution < -0.4 is 15.8 Å². The van der Waals surface area contributed by atoms with Crippen LogP contribution in [0.2, 0.25) is 0 Å². The standard InChI is InChI=1S/C17H26N2O2/c18-15-8-10-16(11-9-15)21-13-12-19-17(20)14-6-4-2-1-3-5-7-14/h8-11,14H,1-7,12-13,18H2,(H,19,20). The molecule has 4 nitrogen and oxygen atoms in total. The van der Waals surface area contributed by atoms with Gasteiger partial charge in [0.25, 0.3) is 0 Å². The molecular formula is C17H26N2O2. The molecule has 116 valence electrons. The Morgan fingerprint density at radius 2 is 1.71 bits per heavy atom. The monoisotopic (exact) mass is 290 g/mol. The van der Waals surface area contributed by atoms with Crippen LogP contribution in [0.1, 0.15) is 44.9 Å². The van der Waals surface area contributed by atoms with Gasteiger partial charge in [0.2, 0.25) is 5.91 Å². The second kappa shape index (κ2) is 8.55. The first-order valence-electron chi connectivity index (χ1n) is 8.02. The number of carbonyl (C=O) groups excluding carboxylic acids is 1. The van der Waals surface area contributed by atoms with Crippen LogP contribution in [0.15, 0.2) is 24.3 Å². The zero-order valence-electron chi connectivity index (χ0n) is 12.6. The number of carbonyl (C=O) groups is 1. The molecule has 0 aliphatic heterocycles. The molecule has 1 aromatic rings. The van der Waals surface area contributed by atoms with Gasteiger partial charge in [0, 0.05) is 11.6 Å². The molecule has 1 aliphatic rings. The van der Waals surface area contributed by atoms with E-state index in [0.717, 1.165) is 24.3 Å². The van der Waals surface area contributed by atoms with Crippen LogP contribution >= 0.6 is 0 Å². The van der Waals surface area contributed by atoms with Gasteiger partial charge in [-0.1, -0.05) is 32.1 Å². The molecule has 0 heterocycles. The number of benzene rings is 1. The maximum absolute atomic E-state index is 12.1. The molecule has 1 amide bonds. The molecule has 1 saturated carbocycles. The highest BCUT2D eigenvalue weighted by Crippen LogP contribution is 2.22. The molecule has 3 N–H and O–H groups in total. The molecule has 1 aromatic carbocycles. The van der Waals surface area contributed by atoms with E-state index in [1.54, 1.807) is 0 Å². The maximum atomic E-state index is 12.1. The zero-order chi connectivity index (χ0) is 14.9. The van der Waals surface area contributed by atoms with Gasteiger partial charge in [-0.3, -0.25) is 4.79 Å². The summed E-state index contributed by atoms with van der Waals surface area (Å²) in [6.45, 7) is 1.04. The summed E-state index contributed by atoms with van der Waals surface area (Å²) in [5.74, 6) is 1.17. The lowest BCUT2D eigenvalue weighted by atomic mass is 9.90. The van der Waals surface area contributed by atoms with Gasteiger partial charge in [0.05, 0.1) is 6.54 Å². The van der Waals surface area contributed by atoms with Crippen LogP contribution in [-0.4, -0.2) is 19.1 Å². The largest absolute Gasteiger partial charge is 0.492 e. The summed E-state index contributed by atoms with van der Waals surface area (Å²) < 4.78 is 5.57. The molecule has 21 heavy (non-hydrogen) atoms. The summed E-state index contributed by atoms with van der Waals surface area (Å²) in [6.07, 6.45) is 8.28. The summed E-state index contributed by atoms with van der Waals surface area (Å²) in [4.78, 5) is 12.1. The van der Waals surface area contributed by atoms with E-state index in [2.05, 4.69) is 5.32 Å². The van der Waals surface area contributed by atoms with Gasteiger partial charge in [-0.2, -0.15) is 0 Å². The van der Waals surface area contributed by atoms with E-state index in [4.69, 9.17) is 10.5 Å². The van der Waals surface area contributed by atoms with Crippen molar-refractivity contribution in [1.82, 2.24) is 5.32 Å². The fourth-order valence-electron chi connectivity index (χ4n) is 2.77. The van der Waals surface area contributed by atoms with E-state index in [0.29, 0.717) is 13.2 Å². The van der Waals surface area contributed by atoms with Crippen LogP contribution in [0.5, 0.6) is 5.75 Å². The number of nitrogens with two attached hydrogens (primary N) is 1. The lowest BCUT2D eigenvalue weighted by Crippen LogP contribution is -2.34. The van der Waals surface area contributed by atoms with Crippen molar-refractivity contribution in [3.8, 4) is 5.75 Å². The van der Waals surface area contributed by atoms with Crippen LogP contribution in [0.4, 0.5) is 5.69 Å². The summed E-state index contributed by atoms with van der Waals surface area (Å²) in [5.41, 5.74) is 6.34. The van der Waals surface area contributed by atoms with E-state index in [1.165, 1.54) is 32.1 Å². The van der Waals surface area contributed by atoms with E-state index >= 15 is 0 Å². The summed E-state index contributed by atoms with van der Waals surface area (Å²) in [5, 5.41) is 2.99. The predicted octanol–water partition coefficient (Wildman–Crippen LogP) is 3.12. The first-order valence-corrected chi connectivity index (χ1v) is 8.02. The lowest BCUT2D eigenvalue weighted by molar-refractivity contribution is -0.125. The van der Waals surface area contributed by atoms with Crippen LogP contribution in [-0.2, 0) is 4.79 Å². The zero-order valence-corrected chi connectivity index (χ0v) is 12.6. The Balaban J connectivity index is 1.65. The second-order valence-electron chi connectivity index (χ2n) is 5.75. The molecule has 2 rings (SSSR count). The minimum atomic E-state index is 0.192. The highest BCUT2D eigenvalue weighted by Gasteiger charge is 2.18. The van der Waals surface area contributed by atoms with Gasteiger partial charge in [-0.05, 0) is 37.1 Å².